The number of H-pyrrole nitrogens is 1. The number of hydrogen-bond donors (Lipinski definition) is 3. The number of hydrogen-bond acceptors (Lipinski definition) is 9. The van der Waals surface area contributed by atoms with Crippen LogP contribution in [-0.2, 0) is 10.3 Å². The minimum Gasteiger partial charge on any atom is -0.453 e. The van der Waals surface area contributed by atoms with Gasteiger partial charge in [0.05, 0.1) is 42.1 Å². The van der Waals surface area contributed by atoms with Gasteiger partial charge in [0.25, 0.3) is 0 Å². The summed E-state index contributed by atoms with van der Waals surface area (Å²) >= 11 is 12.8. The number of aromatic nitrogens is 5. The molecular weight excluding hydrogens is 595 g/mol. The summed E-state index contributed by atoms with van der Waals surface area (Å²) in [7, 11) is 1.26. The molecule has 43 heavy (non-hydrogen) atoms. The van der Waals surface area contributed by atoms with E-state index in [0.717, 1.165) is 6.20 Å². The van der Waals surface area contributed by atoms with Gasteiger partial charge in [-0.1, -0.05) is 35.0 Å². The number of nitrogens with zero attached hydrogens (tertiary/aromatic N) is 6. The Morgan fingerprint density at radius 1 is 1.33 bits per heavy atom. The largest absolute Gasteiger partial charge is 0.453 e. The molecule has 2 aromatic heterocycles. The first kappa shape index (κ1) is 29.4. The van der Waals surface area contributed by atoms with E-state index in [1.807, 2.05) is 6.07 Å². The predicted molar refractivity (Wildman–Crippen MR) is 160 cm³/mol. The van der Waals surface area contributed by atoms with Gasteiger partial charge in [-0.15, -0.1) is 10.0 Å². The summed E-state index contributed by atoms with van der Waals surface area (Å²) < 4.78 is 6.00. The Kier molecular flexibility index (Phi) is 8.22. The van der Waals surface area contributed by atoms with Crippen molar-refractivity contribution in [2.45, 2.75) is 18.4 Å². The third-order valence-corrected chi connectivity index (χ3v) is 7.50. The lowest BCUT2D eigenvalue weighted by Crippen LogP contribution is -2.25. The van der Waals surface area contributed by atoms with Crippen LogP contribution in [0.3, 0.4) is 0 Å². The Labute approximate surface area is 254 Å². The third kappa shape index (κ3) is 5.82. The summed E-state index contributed by atoms with van der Waals surface area (Å²) in [6.45, 7) is 4.15. The zero-order chi connectivity index (χ0) is 30.7. The molecular formula is C29H22Cl2N8O4. The first-order valence-electron chi connectivity index (χ1n) is 12.6. The van der Waals surface area contributed by atoms with Crippen molar-refractivity contribution in [3.63, 3.8) is 0 Å². The molecule has 216 valence electrons. The van der Waals surface area contributed by atoms with Crippen LogP contribution in [0.15, 0.2) is 84.0 Å². The number of amides is 1. The van der Waals surface area contributed by atoms with Crippen molar-refractivity contribution in [1.82, 2.24) is 25.0 Å². The normalized spacial score (nSPS) is 17.6. The Bertz CT molecular complexity index is 1870. The van der Waals surface area contributed by atoms with E-state index in [1.165, 1.54) is 18.0 Å². The van der Waals surface area contributed by atoms with Crippen molar-refractivity contribution in [3.05, 3.63) is 111 Å². The van der Waals surface area contributed by atoms with Gasteiger partial charge in [-0.25, -0.2) is 14.5 Å². The molecule has 1 aliphatic carbocycles. The lowest BCUT2D eigenvalue weighted by atomic mass is 9.94. The molecule has 5 rings (SSSR count). The van der Waals surface area contributed by atoms with Crippen LogP contribution in [0.1, 0.15) is 29.9 Å². The smallest absolute Gasteiger partial charge is 0.411 e. The van der Waals surface area contributed by atoms with Gasteiger partial charge in [0.2, 0.25) is 0 Å². The average molecular weight is 617 g/mol. The summed E-state index contributed by atoms with van der Waals surface area (Å²) in [5.41, 5.74) is 2.59. The molecule has 1 unspecified atom stereocenters. The van der Waals surface area contributed by atoms with Crippen LogP contribution in [0.25, 0.3) is 22.5 Å². The molecule has 1 fully saturated rings. The van der Waals surface area contributed by atoms with Crippen LogP contribution in [0, 0.1) is 16.2 Å². The summed E-state index contributed by atoms with van der Waals surface area (Å²) in [5, 5.41) is 34.9. The fourth-order valence-electron chi connectivity index (χ4n) is 4.75. The topological polar surface area (TPSA) is 171 Å². The summed E-state index contributed by atoms with van der Waals surface area (Å²) in [5.74, 6) is 0.262. The van der Waals surface area contributed by atoms with E-state index in [-0.39, 0.29) is 17.9 Å². The molecule has 1 aliphatic rings. The van der Waals surface area contributed by atoms with Crippen LogP contribution >= 0.6 is 23.2 Å². The number of anilines is 1. The van der Waals surface area contributed by atoms with E-state index in [0.29, 0.717) is 61.4 Å². The van der Waals surface area contributed by atoms with Crippen molar-refractivity contribution in [3.8, 4) is 23.0 Å². The molecule has 0 saturated heterocycles. The van der Waals surface area contributed by atoms with E-state index in [4.69, 9.17) is 28.5 Å². The van der Waals surface area contributed by atoms with Crippen LogP contribution in [-0.4, -0.2) is 43.3 Å². The van der Waals surface area contributed by atoms with Gasteiger partial charge in [0.1, 0.15) is 17.5 Å². The highest BCUT2D eigenvalue weighted by atomic mass is 35.5. The zero-order valence-electron chi connectivity index (χ0n) is 22.5. The number of allylic oxidation sites excluding steroid dienone is 2. The number of benzene rings is 2. The molecule has 0 aliphatic heterocycles. The second-order valence-electron chi connectivity index (χ2n) is 9.48. The summed E-state index contributed by atoms with van der Waals surface area (Å²) in [6.07, 6.45) is 5.87. The number of imidazole rings is 1. The molecule has 4 aromatic rings. The standard InChI is InChI=1S/C29H22Cl2N8O4/c1-16-17(9-18(13-34-42)23-10-19(30)3-6-26(23)39-15-21(12-32)37-38-39)7-8-29(16,41)27-33-14-25(36-27)22-5-4-20(11-24(22)31)35-28(40)43-2/h3-6,9-11,13-15,41H,1,7-8H2,2H3,(H,33,36)(H,35,40)/b17-9-,18-13+. The maximum atomic E-state index is 11.7. The molecule has 14 heteroatoms. The van der Waals surface area contributed by atoms with Gasteiger partial charge in [-0.3, -0.25) is 5.32 Å². The molecule has 2 heterocycles. The predicted octanol–water partition coefficient (Wildman–Crippen LogP) is 6.29. The van der Waals surface area contributed by atoms with E-state index in [1.54, 1.807) is 48.7 Å². The highest BCUT2D eigenvalue weighted by molar-refractivity contribution is 6.33. The number of ether oxygens (including phenoxy) is 1. The average Bonchev–Trinajstić information content (AvgIpc) is 3.74. The summed E-state index contributed by atoms with van der Waals surface area (Å²) in [4.78, 5) is 30.5. The van der Waals surface area contributed by atoms with Crippen LogP contribution in [0.4, 0.5) is 10.5 Å². The Morgan fingerprint density at radius 3 is 2.84 bits per heavy atom. The lowest BCUT2D eigenvalue weighted by molar-refractivity contribution is 0.0756. The molecule has 1 atom stereocenters. The zero-order valence-corrected chi connectivity index (χ0v) is 24.0. The second-order valence-corrected chi connectivity index (χ2v) is 10.3. The highest BCUT2D eigenvalue weighted by Gasteiger charge is 2.42. The number of nitriles is 1. The first-order valence-corrected chi connectivity index (χ1v) is 13.4. The Hall–Kier alpha value is -5.09. The van der Waals surface area contributed by atoms with E-state index in [9.17, 15) is 14.8 Å². The molecule has 1 amide bonds. The van der Waals surface area contributed by atoms with Crippen LogP contribution in [0.5, 0.6) is 0 Å². The van der Waals surface area contributed by atoms with E-state index in [2.05, 4.69) is 42.1 Å². The number of nitrogens with one attached hydrogen (secondary N) is 2. The molecule has 1 saturated carbocycles. The number of methoxy groups -OCH3 is 1. The number of aromatic amines is 1. The number of carbonyl (C=O) groups excluding carboxylic acids is 1. The van der Waals surface area contributed by atoms with Gasteiger partial charge in [0.15, 0.2) is 5.69 Å². The molecule has 3 N–H and O–H groups in total. The minimum atomic E-state index is -1.53. The van der Waals surface area contributed by atoms with Gasteiger partial charge in [-0.05, 0) is 71.6 Å². The van der Waals surface area contributed by atoms with Gasteiger partial charge >= 0.3 is 6.09 Å². The van der Waals surface area contributed by atoms with E-state index < -0.39 is 11.7 Å². The molecule has 12 nitrogen and oxygen atoms in total. The van der Waals surface area contributed by atoms with Gasteiger partial charge in [-0.2, -0.15) is 5.26 Å². The van der Waals surface area contributed by atoms with Gasteiger partial charge < -0.3 is 14.8 Å². The third-order valence-electron chi connectivity index (χ3n) is 6.95. The monoisotopic (exact) mass is 616 g/mol. The molecule has 0 bridgehead atoms. The maximum absolute atomic E-state index is 11.7. The van der Waals surface area contributed by atoms with Crippen molar-refractivity contribution in [1.29, 1.82) is 5.26 Å². The van der Waals surface area contributed by atoms with E-state index >= 15 is 0 Å². The molecule has 0 radical (unpaired) electrons. The van der Waals surface area contributed by atoms with Gasteiger partial charge in [0, 0.05) is 27.4 Å². The SMILES string of the molecule is C=C1/C(=C\C(=C/N=O)c2cc(Cl)ccc2-n2cc(C#N)nn2)CCC1(O)c1ncc(-c2ccc(NC(=O)OC)cc2Cl)[nH]1. The maximum Gasteiger partial charge on any atom is 0.411 e. The van der Waals surface area contributed by atoms with Crippen molar-refractivity contribution >= 4 is 40.6 Å². The first-order chi connectivity index (χ1) is 20.7. The van der Waals surface area contributed by atoms with Crippen molar-refractivity contribution < 1.29 is 14.6 Å². The number of rotatable bonds is 7. The Balaban J connectivity index is 1.45. The number of aliphatic hydroxyl groups is 1. The van der Waals surface area contributed by atoms with Crippen molar-refractivity contribution in [2.75, 3.05) is 12.4 Å². The number of carbonyl (C=O) groups is 1. The fraction of sp³-hybridized carbons (Fsp3) is 0.138. The molecule has 0 spiro atoms. The highest BCUT2D eigenvalue weighted by Crippen LogP contribution is 2.46. The Morgan fingerprint density at radius 2 is 2.14 bits per heavy atom. The number of halogens is 2. The number of nitroso groups, excluding NO2 is 1. The lowest BCUT2D eigenvalue weighted by Gasteiger charge is -2.21. The molecule has 2 aromatic carbocycles. The minimum absolute atomic E-state index is 0.112. The quantitative estimate of drug-likeness (QED) is 0.203. The van der Waals surface area contributed by atoms with Crippen molar-refractivity contribution in [2.24, 2.45) is 5.18 Å². The van der Waals surface area contributed by atoms with Crippen LogP contribution < -0.4 is 5.32 Å². The fourth-order valence-corrected chi connectivity index (χ4v) is 5.21. The second kappa shape index (κ2) is 12.0. The van der Waals surface area contributed by atoms with Crippen LogP contribution in [0.2, 0.25) is 10.0 Å². The summed E-state index contributed by atoms with van der Waals surface area (Å²) in [6, 6.07) is 11.8.